The normalized spacial score (nSPS) is 15.1. The first kappa shape index (κ1) is 16.5. The van der Waals surface area contributed by atoms with Crippen molar-refractivity contribution >= 4 is 11.7 Å². The summed E-state index contributed by atoms with van der Waals surface area (Å²) in [5, 5.41) is 17.6. The number of piperidine rings is 1. The van der Waals surface area contributed by atoms with Gasteiger partial charge in [-0.3, -0.25) is 9.89 Å². The Balaban J connectivity index is 1.46. The van der Waals surface area contributed by atoms with Gasteiger partial charge in [0.2, 0.25) is 0 Å². The third kappa shape index (κ3) is 3.36. The van der Waals surface area contributed by atoms with E-state index in [4.69, 9.17) is 0 Å². The number of hydrogen-bond acceptors (Lipinski definition) is 5. The second-order valence-corrected chi connectivity index (χ2v) is 6.53. The molecule has 0 saturated carbocycles. The second kappa shape index (κ2) is 7.09. The topological polar surface area (TPSA) is 101 Å². The number of aromatic nitrogens is 5. The molecular formula is C18H21N7O. The molecule has 8 heteroatoms. The van der Waals surface area contributed by atoms with Crippen LogP contribution >= 0.6 is 0 Å². The summed E-state index contributed by atoms with van der Waals surface area (Å²) in [6, 6.07) is 7.42. The van der Waals surface area contributed by atoms with Crippen LogP contribution in [0, 0.1) is 6.92 Å². The van der Waals surface area contributed by atoms with Crippen LogP contribution in [0.2, 0.25) is 0 Å². The van der Waals surface area contributed by atoms with Crippen molar-refractivity contribution in [3.8, 4) is 5.69 Å². The number of benzene rings is 1. The SMILES string of the molecule is Cc1cc(C(=O)Nc2cc(C3CCNCC3)[nH]n2)ccc1-n1cncn1. The van der Waals surface area contributed by atoms with E-state index in [0.29, 0.717) is 17.3 Å². The number of hydrogen-bond donors (Lipinski definition) is 3. The quantitative estimate of drug-likeness (QED) is 0.668. The Morgan fingerprint density at radius 2 is 2.12 bits per heavy atom. The Labute approximate surface area is 151 Å². The molecule has 0 atom stereocenters. The average molecular weight is 351 g/mol. The lowest BCUT2D eigenvalue weighted by molar-refractivity contribution is 0.102. The Kier molecular flexibility index (Phi) is 4.49. The van der Waals surface area contributed by atoms with Crippen LogP contribution in [0.25, 0.3) is 5.69 Å². The van der Waals surface area contributed by atoms with Gasteiger partial charge in [0.15, 0.2) is 5.82 Å². The zero-order chi connectivity index (χ0) is 17.9. The Morgan fingerprint density at radius 1 is 1.27 bits per heavy atom. The van der Waals surface area contributed by atoms with Gasteiger partial charge >= 0.3 is 0 Å². The van der Waals surface area contributed by atoms with E-state index in [1.165, 1.54) is 6.33 Å². The van der Waals surface area contributed by atoms with Crippen LogP contribution in [0.3, 0.4) is 0 Å². The minimum atomic E-state index is -0.179. The standard InChI is InChI=1S/C18H21N7O/c1-12-8-14(2-3-16(12)25-11-20-10-21-25)18(26)22-17-9-15(23-24-17)13-4-6-19-7-5-13/h2-3,8-11,13,19H,4-7H2,1H3,(H2,22,23,24,26). The van der Waals surface area contributed by atoms with Crippen molar-refractivity contribution in [1.29, 1.82) is 0 Å². The maximum Gasteiger partial charge on any atom is 0.256 e. The maximum absolute atomic E-state index is 12.5. The summed E-state index contributed by atoms with van der Waals surface area (Å²) in [6.07, 6.45) is 5.28. The van der Waals surface area contributed by atoms with E-state index in [-0.39, 0.29) is 5.91 Å². The van der Waals surface area contributed by atoms with Crippen molar-refractivity contribution in [2.75, 3.05) is 18.4 Å². The predicted octanol–water partition coefficient (Wildman–Crippen LogP) is 2.02. The fraction of sp³-hybridized carbons (Fsp3) is 0.333. The smallest absolute Gasteiger partial charge is 0.256 e. The van der Waals surface area contributed by atoms with Gasteiger partial charge in [-0.05, 0) is 56.6 Å². The van der Waals surface area contributed by atoms with Crippen LogP contribution in [-0.4, -0.2) is 44.0 Å². The van der Waals surface area contributed by atoms with Crippen molar-refractivity contribution < 1.29 is 4.79 Å². The van der Waals surface area contributed by atoms with Crippen LogP contribution in [0.4, 0.5) is 5.82 Å². The number of aryl methyl sites for hydroxylation is 1. The highest BCUT2D eigenvalue weighted by atomic mass is 16.1. The lowest BCUT2D eigenvalue weighted by Crippen LogP contribution is -2.26. The summed E-state index contributed by atoms with van der Waals surface area (Å²) in [7, 11) is 0. The van der Waals surface area contributed by atoms with Gasteiger partial charge in [-0.25, -0.2) is 9.67 Å². The Morgan fingerprint density at radius 3 is 2.85 bits per heavy atom. The zero-order valence-corrected chi connectivity index (χ0v) is 14.6. The molecule has 1 aliphatic rings. The van der Waals surface area contributed by atoms with Crippen molar-refractivity contribution in [2.24, 2.45) is 0 Å². The molecule has 1 saturated heterocycles. The third-order valence-corrected chi connectivity index (χ3v) is 4.74. The molecule has 0 bridgehead atoms. The van der Waals surface area contributed by atoms with Gasteiger partial charge in [-0.1, -0.05) is 0 Å². The van der Waals surface area contributed by atoms with Gasteiger partial charge in [0.05, 0.1) is 5.69 Å². The number of anilines is 1. The van der Waals surface area contributed by atoms with Gasteiger partial charge in [0.1, 0.15) is 12.7 Å². The highest BCUT2D eigenvalue weighted by Gasteiger charge is 2.18. The largest absolute Gasteiger partial charge is 0.317 e. The average Bonchev–Trinajstić information content (AvgIpc) is 3.34. The van der Waals surface area contributed by atoms with Crippen molar-refractivity contribution in [3.63, 3.8) is 0 Å². The van der Waals surface area contributed by atoms with Gasteiger partial charge in [-0.15, -0.1) is 0 Å². The van der Waals surface area contributed by atoms with E-state index < -0.39 is 0 Å². The van der Waals surface area contributed by atoms with Crippen molar-refractivity contribution in [2.45, 2.75) is 25.7 Å². The van der Waals surface area contributed by atoms with Crippen molar-refractivity contribution in [1.82, 2.24) is 30.3 Å². The number of carbonyl (C=O) groups excluding carboxylic acids is 1. The third-order valence-electron chi connectivity index (χ3n) is 4.74. The molecule has 8 nitrogen and oxygen atoms in total. The lowest BCUT2D eigenvalue weighted by atomic mass is 9.95. The number of rotatable bonds is 4. The first-order valence-corrected chi connectivity index (χ1v) is 8.74. The Hall–Kier alpha value is -3.00. The van der Waals surface area contributed by atoms with E-state index in [1.807, 2.05) is 25.1 Å². The Bertz CT molecular complexity index is 894. The minimum Gasteiger partial charge on any atom is -0.317 e. The molecule has 1 aliphatic heterocycles. The van der Waals surface area contributed by atoms with Gasteiger partial charge in [0.25, 0.3) is 5.91 Å². The summed E-state index contributed by atoms with van der Waals surface area (Å²) in [5.74, 6) is 0.849. The molecule has 3 aromatic rings. The van der Waals surface area contributed by atoms with Crippen LogP contribution < -0.4 is 10.6 Å². The van der Waals surface area contributed by atoms with Crippen molar-refractivity contribution in [3.05, 3.63) is 53.7 Å². The highest BCUT2D eigenvalue weighted by Crippen LogP contribution is 2.25. The van der Waals surface area contributed by atoms with Crippen LogP contribution in [0.15, 0.2) is 36.9 Å². The highest BCUT2D eigenvalue weighted by molar-refractivity contribution is 6.04. The molecule has 3 N–H and O–H groups in total. The summed E-state index contributed by atoms with van der Waals surface area (Å²) >= 11 is 0. The molecule has 0 aliphatic carbocycles. The number of carbonyl (C=O) groups is 1. The van der Waals surface area contributed by atoms with E-state index in [9.17, 15) is 4.79 Å². The van der Waals surface area contributed by atoms with Gasteiger partial charge < -0.3 is 10.6 Å². The van der Waals surface area contributed by atoms with Gasteiger partial charge in [0, 0.05) is 23.2 Å². The molecule has 0 unspecified atom stereocenters. The van der Waals surface area contributed by atoms with E-state index in [0.717, 1.165) is 42.9 Å². The predicted molar refractivity (Wildman–Crippen MR) is 97.5 cm³/mol. The van der Waals surface area contributed by atoms with E-state index in [2.05, 4.69) is 30.9 Å². The lowest BCUT2D eigenvalue weighted by Gasteiger charge is -2.20. The maximum atomic E-state index is 12.5. The first-order valence-electron chi connectivity index (χ1n) is 8.74. The number of nitrogens with one attached hydrogen (secondary N) is 3. The molecule has 1 aromatic carbocycles. The zero-order valence-electron chi connectivity index (χ0n) is 14.6. The molecule has 4 rings (SSSR count). The molecule has 134 valence electrons. The van der Waals surface area contributed by atoms with Gasteiger partial charge in [-0.2, -0.15) is 10.2 Å². The molecule has 3 heterocycles. The molecular weight excluding hydrogens is 330 g/mol. The summed E-state index contributed by atoms with van der Waals surface area (Å²) in [5.41, 5.74) is 3.50. The molecule has 1 amide bonds. The fourth-order valence-electron chi connectivity index (χ4n) is 3.32. The molecule has 26 heavy (non-hydrogen) atoms. The van der Waals surface area contributed by atoms with Crippen LogP contribution in [0.5, 0.6) is 0 Å². The molecule has 0 radical (unpaired) electrons. The van der Waals surface area contributed by atoms with E-state index in [1.54, 1.807) is 17.1 Å². The summed E-state index contributed by atoms with van der Waals surface area (Å²) < 4.78 is 1.68. The van der Waals surface area contributed by atoms with Crippen LogP contribution in [-0.2, 0) is 0 Å². The fourth-order valence-corrected chi connectivity index (χ4v) is 3.32. The van der Waals surface area contributed by atoms with E-state index >= 15 is 0 Å². The first-order chi connectivity index (χ1) is 12.7. The number of nitrogens with zero attached hydrogens (tertiary/aromatic N) is 4. The number of amides is 1. The summed E-state index contributed by atoms with van der Waals surface area (Å²) in [6.45, 7) is 3.98. The number of H-pyrrole nitrogens is 1. The molecule has 1 fully saturated rings. The molecule has 2 aromatic heterocycles. The van der Waals surface area contributed by atoms with Crippen LogP contribution in [0.1, 0.15) is 40.4 Å². The monoisotopic (exact) mass is 351 g/mol. The second-order valence-electron chi connectivity index (χ2n) is 6.53. The number of aromatic amines is 1. The minimum absolute atomic E-state index is 0.179. The molecule has 0 spiro atoms. The summed E-state index contributed by atoms with van der Waals surface area (Å²) in [4.78, 5) is 16.5.